The highest BCUT2D eigenvalue weighted by atomic mass is 32.2. The third-order valence-corrected chi connectivity index (χ3v) is 5.49. The van der Waals surface area contributed by atoms with Crippen LogP contribution in [-0.4, -0.2) is 23.3 Å². The Hall–Kier alpha value is -1.79. The lowest BCUT2D eigenvalue weighted by Gasteiger charge is -2.21. The maximum absolute atomic E-state index is 12.2. The molecule has 2 amide bonds. The van der Waals surface area contributed by atoms with Crippen molar-refractivity contribution in [1.29, 1.82) is 0 Å². The van der Waals surface area contributed by atoms with E-state index < -0.39 is 0 Å². The van der Waals surface area contributed by atoms with Crippen LogP contribution in [0.3, 0.4) is 0 Å². The summed E-state index contributed by atoms with van der Waals surface area (Å²) in [6.07, 6.45) is 0. The van der Waals surface area contributed by atoms with Crippen LogP contribution >= 0.6 is 23.1 Å². The third-order valence-electron chi connectivity index (χ3n) is 3.60. The van der Waals surface area contributed by atoms with E-state index in [9.17, 15) is 9.59 Å². The first kappa shape index (κ1) is 19.5. The molecular formula is C19H24N2O2S2. The van der Waals surface area contributed by atoms with Crippen LogP contribution in [0.2, 0.25) is 0 Å². The molecule has 0 saturated heterocycles. The number of carbonyl (C=O) groups excluding carboxylic acids is 2. The van der Waals surface area contributed by atoms with E-state index in [1.54, 1.807) is 11.3 Å². The van der Waals surface area contributed by atoms with Crippen molar-refractivity contribution < 1.29 is 9.59 Å². The molecule has 2 aromatic rings. The quantitative estimate of drug-likeness (QED) is 0.724. The topological polar surface area (TPSA) is 58.2 Å². The van der Waals surface area contributed by atoms with Crippen molar-refractivity contribution in [2.24, 2.45) is 5.92 Å². The third kappa shape index (κ3) is 6.55. The number of benzene rings is 1. The fourth-order valence-corrected chi connectivity index (χ4v) is 3.98. The van der Waals surface area contributed by atoms with Crippen LogP contribution in [0.15, 0.2) is 41.8 Å². The van der Waals surface area contributed by atoms with Gasteiger partial charge in [0.1, 0.15) is 0 Å². The standard InChI is InChI=1S/C19H24N2O2S2/c1-13(2)19(16-8-5-9-25-16)21-18(23)12-24-11-17(22)20-15-7-4-6-14(3)10-15/h4-10,13,19H,11-12H2,1-3H3,(H,20,22)(H,21,23)/t19-/m1/s1. The van der Waals surface area contributed by atoms with Crippen molar-refractivity contribution in [1.82, 2.24) is 5.32 Å². The number of hydrogen-bond donors (Lipinski definition) is 2. The first-order valence-corrected chi connectivity index (χ1v) is 10.3. The van der Waals surface area contributed by atoms with Crippen LogP contribution in [0.4, 0.5) is 5.69 Å². The molecule has 0 fully saturated rings. The minimum absolute atomic E-state index is 0.0224. The number of carbonyl (C=O) groups is 2. The van der Waals surface area contributed by atoms with Gasteiger partial charge in [0.25, 0.3) is 0 Å². The summed E-state index contributed by atoms with van der Waals surface area (Å²) in [5.74, 6) is 0.711. The molecule has 6 heteroatoms. The summed E-state index contributed by atoms with van der Waals surface area (Å²) in [7, 11) is 0. The van der Waals surface area contributed by atoms with E-state index in [-0.39, 0.29) is 29.4 Å². The van der Waals surface area contributed by atoms with Crippen molar-refractivity contribution in [3.63, 3.8) is 0 Å². The predicted octanol–water partition coefficient (Wildman–Crippen LogP) is 4.24. The van der Waals surface area contributed by atoms with Crippen molar-refractivity contribution in [3.8, 4) is 0 Å². The minimum Gasteiger partial charge on any atom is -0.348 e. The molecule has 0 radical (unpaired) electrons. The van der Waals surface area contributed by atoms with Gasteiger partial charge in [-0.25, -0.2) is 0 Å². The van der Waals surface area contributed by atoms with Gasteiger partial charge < -0.3 is 10.6 Å². The number of nitrogens with one attached hydrogen (secondary N) is 2. The zero-order chi connectivity index (χ0) is 18.2. The number of anilines is 1. The Bertz CT molecular complexity index is 699. The molecule has 0 saturated carbocycles. The minimum atomic E-state index is -0.0953. The largest absolute Gasteiger partial charge is 0.348 e. The van der Waals surface area contributed by atoms with Crippen molar-refractivity contribution in [3.05, 3.63) is 52.2 Å². The molecule has 1 atom stereocenters. The van der Waals surface area contributed by atoms with Crippen molar-refractivity contribution >= 4 is 40.6 Å². The Labute approximate surface area is 157 Å². The van der Waals surface area contributed by atoms with Crippen LogP contribution in [0.5, 0.6) is 0 Å². The Kier molecular flexibility index (Phi) is 7.52. The molecule has 0 aliphatic rings. The zero-order valence-electron chi connectivity index (χ0n) is 14.7. The average Bonchev–Trinajstić information content (AvgIpc) is 3.06. The molecule has 0 aliphatic heterocycles. The number of thiophene rings is 1. The smallest absolute Gasteiger partial charge is 0.234 e. The maximum Gasteiger partial charge on any atom is 0.234 e. The van der Waals surface area contributed by atoms with E-state index >= 15 is 0 Å². The lowest BCUT2D eigenvalue weighted by atomic mass is 10.0. The average molecular weight is 377 g/mol. The van der Waals surface area contributed by atoms with Gasteiger partial charge >= 0.3 is 0 Å². The van der Waals surface area contributed by atoms with Crippen LogP contribution in [-0.2, 0) is 9.59 Å². The second-order valence-electron chi connectivity index (χ2n) is 6.22. The molecule has 2 N–H and O–H groups in total. The summed E-state index contributed by atoms with van der Waals surface area (Å²) in [6.45, 7) is 6.16. The van der Waals surface area contributed by atoms with Crippen LogP contribution in [0, 0.1) is 12.8 Å². The monoisotopic (exact) mass is 376 g/mol. The molecule has 0 unspecified atom stereocenters. The Morgan fingerprint density at radius 1 is 1.12 bits per heavy atom. The second-order valence-corrected chi connectivity index (χ2v) is 8.18. The number of rotatable bonds is 8. The summed E-state index contributed by atoms with van der Waals surface area (Å²) in [6, 6.07) is 11.7. The molecular weight excluding hydrogens is 352 g/mol. The van der Waals surface area contributed by atoms with E-state index in [4.69, 9.17) is 0 Å². The highest BCUT2D eigenvalue weighted by Crippen LogP contribution is 2.25. The van der Waals surface area contributed by atoms with Gasteiger partial charge in [-0.3, -0.25) is 9.59 Å². The van der Waals surface area contributed by atoms with Crippen LogP contribution in [0.1, 0.15) is 30.3 Å². The summed E-state index contributed by atoms with van der Waals surface area (Å²) >= 11 is 2.97. The highest BCUT2D eigenvalue weighted by Gasteiger charge is 2.19. The van der Waals surface area contributed by atoms with Crippen molar-refractivity contribution in [2.45, 2.75) is 26.8 Å². The number of aryl methyl sites for hydroxylation is 1. The molecule has 0 spiro atoms. The van der Waals surface area contributed by atoms with Gasteiger partial charge in [0.05, 0.1) is 17.5 Å². The summed E-state index contributed by atoms with van der Waals surface area (Å²) in [4.78, 5) is 25.3. The van der Waals surface area contributed by atoms with Gasteiger partial charge in [0.2, 0.25) is 11.8 Å². The van der Waals surface area contributed by atoms with E-state index in [1.807, 2.05) is 48.7 Å². The Balaban J connectivity index is 1.75. The second kappa shape index (κ2) is 9.63. The Morgan fingerprint density at radius 3 is 2.52 bits per heavy atom. The molecule has 2 rings (SSSR count). The molecule has 0 bridgehead atoms. The molecule has 25 heavy (non-hydrogen) atoms. The predicted molar refractivity (Wildman–Crippen MR) is 107 cm³/mol. The molecule has 1 aromatic heterocycles. The molecule has 1 aromatic carbocycles. The van der Waals surface area contributed by atoms with Crippen molar-refractivity contribution in [2.75, 3.05) is 16.8 Å². The summed E-state index contributed by atoms with van der Waals surface area (Å²) < 4.78 is 0. The van der Waals surface area contributed by atoms with Gasteiger partial charge in [-0.2, -0.15) is 0 Å². The molecule has 0 aliphatic carbocycles. The van der Waals surface area contributed by atoms with Gasteiger partial charge in [0.15, 0.2) is 0 Å². The SMILES string of the molecule is Cc1cccc(NC(=O)CSCC(=O)N[C@@H](c2cccs2)C(C)C)c1. The fraction of sp³-hybridized carbons (Fsp3) is 0.368. The number of hydrogen-bond acceptors (Lipinski definition) is 4. The molecule has 1 heterocycles. The van der Waals surface area contributed by atoms with Crippen LogP contribution < -0.4 is 10.6 Å². The fourth-order valence-electron chi connectivity index (χ4n) is 2.41. The van der Waals surface area contributed by atoms with E-state index in [1.165, 1.54) is 11.8 Å². The van der Waals surface area contributed by atoms with E-state index in [2.05, 4.69) is 24.5 Å². The van der Waals surface area contributed by atoms with E-state index in [0.717, 1.165) is 16.1 Å². The summed E-state index contributed by atoms with van der Waals surface area (Å²) in [5.41, 5.74) is 1.88. The lowest BCUT2D eigenvalue weighted by Crippen LogP contribution is -2.32. The van der Waals surface area contributed by atoms with Gasteiger partial charge in [-0.15, -0.1) is 23.1 Å². The van der Waals surface area contributed by atoms with Gasteiger partial charge in [-0.05, 0) is 42.0 Å². The first-order valence-electron chi connectivity index (χ1n) is 8.22. The lowest BCUT2D eigenvalue weighted by molar-refractivity contribution is -0.119. The number of thioether (sulfide) groups is 1. The zero-order valence-corrected chi connectivity index (χ0v) is 16.4. The van der Waals surface area contributed by atoms with E-state index in [0.29, 0.717) is 5.92 Å². The highest BCUT2D eigenvalue weighted by molar-refractivity contribution is 8.00. The molecule has 4 nitrogen and oxygen atoms in total. The Morgan fingerprint density at radius 2 is 1.88 bits per heavy atom. The first-order chi connectivity index (χ1) is 12.0. The number of amides is 2. The van der Waals surface area contributed by atoms with Gasteiger partial charge in [0, 0.05) is 10.6 Å². The van der Waals surface area contributed by atoms with Gasteiger partial charge in [-0.1, -0.05) is 32.0 Å². The normalized spacial score (nSPS) is 12.0. The molecule has 134 valence electrons. The summed E-state index contributed by atoms with van der Waals surface area (Å²) in [5, 5.41) is 7.93. The maximum atomic E-state index is 12.2. The van der Waals surface area contributed by atoms with Crippen LogP contribution in [0.25, 0.3) is 0 Å².